The molecular formula is C19H20ClNO4. The number of rotatable bonds is 5. The molecule has 0 spiro atoms. The van der Waals surface area contributed by atoms with Crippen molar-refractivity contribution in [2.24, 2.45) is 0 Å². The van der Waals surface area contributed by atoms with Crippen LogP contribution < -0.4 is 5.32 Å². The lowest BCUT2D eigenvalue weighted by atomic mass is 9.81. The van der Waals surface area contributed by atoms with Crippen molar-refractivity contribution in [2.45, 2.75) is 32.6 Å². The molecule has 1 unspecified atom stereocenters. The summed E-state index contributed by atoms with van der Waals surface area (Å²) in [6.07, 6.45) is 1.73. The molecular weight excluding hydrogens is 342 g/mol. The van der Waals surface area contributed by atoms with Crippen molar-refractivity contribution in [3.8, 4) is 0 Å². The van der Waals surface area contributed by atoms with Crippen molar-refractivity contribution in [2.75, 3.05) is 13.2 Å². The lowest BCUT2D eigenvalue weighted by Gasteiger charge is -2.27. The van der Waals surface area contributed by atoms with E-state index in [0.29, 0.717) is 34.2 Å². The third kappa shape index (κ3) is 3.42. The summed E-state index contributed by atoms with van der Waals surface area (Å²) in [6, 6.07) is 7.17. The molecule has 0 bridgehead atoms. The standard InChI is InChI=1S/C19H20ClNO4/c1-3-4-8-24-18(22)15-11(2)21-14-10-25-19(23)17(14)16(15)12-6-5-7-13(20)9-12/h5-7,9,16,21H,3-4,8,10H2,1-2H3. The summed E-state index contributed by atoms with van der Waals surface area (Å²) < 4.78 is 10.6. The van der Waals surface area contributed by atoms with Crippen LogP contribution in [0, 0.1) is 0 Å². The Labute approximate surface area is 151 Å². The van der Waals surface area contributed by atoms with E-state index in [2.05, 4.69) is 5.32 Å². The van der Waals surface area contributed by atoms with Crippen molar-refractivity contribution in [3.63, 3.8) is 0 Å². The van der Waals surface area contributed by atoms with Crippen molar-refractivity contribution < 1.29 is 19.1 Å². The van der Waals surface area contributed by atoms with Gasteiger partial charge in [-0.05, 0) is 31.0 Å². The van der Waals surface area contributed by atoms with Crippen LogP contribution in [0.5, 0.6) is 0 Å². The van der Waals surface area contributed by atoms with Gasteiger partial charge in [0.15, 0.2) is 0 Å². The number of halogens is 1. The smallest absolute Gasteiger partial charge is 0.337 e. The Hall–Kier alpha value is -2.27. The van der Waals surface area contributed by atoms with Crippen LogP contribution >= 0.6 is 11.6 Å². The lowest BCUT2D eigenvalue weighted by Crippen LogP contribution is -2.30. The number of allylic oxidation sites excluding steroid dienone is 1. The van der Waals surface area contributed by atoms with Crippen LogP contribution in [0.4, 0.5) is 0 Å². The maximum absolute atomic E-state index is 12.7. The van der Waals surface area contributed by atoms with Crippen LogP contribution in [-0.2, 0) is 19.1 Å². The highest BCUT2D eigenvalue weighted by Crippen LogP contribution is 2.41. The van der Waals surface area contributed by atoms with E-state index < -0.39 is 17.9 Å². The van der Waals surface area contributed by atoms with Gasteiger partial charge in [0.2, 0.25) is 0 Å². The summed E-state index contributed by atoms with van der Waals surface area (Å²) in [6.45, 7) is 4.37. The predicted octanol–water partition coefficient (Wildman–Crippen LogP) is 3.46. The molecule has 1 N–H and O–H groups in total. The second-order valence-electron chi connectivity index (χ2n) is 6.11. The topological polar surface area (TPSA) is 64.6 Å². The SMILES string of the molecule is CCCCOC(=O)C1=C(C)NC2=C(C(=O)OC2)C1c1cccc(Cl)c1. The van der Waals surface area contributed by atoms with Gasteiger partial charge in [-0.15, -0.1) is 0 Å². The Balaban J connectivity index is 2.03. The zero-order chi connectivity index (χ0) is 18.0. The molecule has 5 nitrogen and oxygen atoms in total. The highest BCUT2D eigenvalue weighted by atomic mass is 35.5. The van der Waals surface area contributed by atoms with Gasteiger partial charge in [0.1, 0.15) is 6.61 Å². The molecule has 0 fully saturated rings. The number of esters is 2. The van der Waals surface area contributed by atoms with Gasteiger partial charge in [-0.2, -0.15) is 0 Å². The Morgan fingerprint density at radius 3 is 2.96 bits per heavy atom. The number of cyclic esters (lactones) is 1. The Morgan fingerprint density at radius 1 is 1.44 bits per heavy atom. The molecule has 1 aromatic rings. The first-order valence-corrected chi connectivity index (χ1v) is 8.71. The minimum absolute atomic E-state index is 0.181. The van der Waals surface area contributed by atoms with E-state index in [1.807, 2.05) is 13.0 Å². The zero-order valence-corrected chi connectivity index (χ0v) is 15.0. The molecule has 1 aromatic carbocycles. The third-order valence-corrected chi connectivity index (χ3v) is 4.58. The number of carbonyl (C=O) groups is 2. The molecule has 2 heterocycles. The fourth-order valence-corrected chi connectivity index (χ4v) is 3.34. The predicted molar refractivity (Wildman–Crippen MR) is 93.9 cm³/mol. The molecule has 3 rings (SSSR count). The minimum atomic E-state index is -0.543. The van der Waals surface area contributed by atoms with E-state index in [4.69, 9.17) is 21.1 Å². The molecule has 2 aliphatic rings. The monoisotopic (exact) mass is 361 g/mol. The Kier molecular flexibility index (Phi) is 5.13. The number of hydrogen-bond donors (Lipinski definition) is 1. The third-order valence-electron chi connectivity index (χ3n) is 4.35. The lowest BCUT2D eigenvalue weighted by molar-refractivity contribution is -0.139. The molecule has 0 aliphatic carbocycles. The molecule has 0 radical (unpaired) electrons. The van der Waals surface area contributed by atoms with Gasteiger partial charge in [-0.3, -0.25) is 0 Å². The van der Waals surface area contributed by atoms with Crippen LogP contribution in [0.25, 0.3) is 0 Å². The van der Waals surface area contributed by atoms with E-state index in [-0.39, 0.29) is 6.61 Å². The van der Waals surface area contributed by atoms with E-state index in [9.17, 15) is 9.59 Å². The fraction of sp³-hybridized carbons (Fsp3) is 0.368. The average molecular weight is 362 g/mol. The van der Waals surface area contributed by atoms with Crippen LogP contribution in [-0.4, -0.2) is 25.2 Å². The summed E-state index contributed by atoms with van der Waals surface area (Å²) in [5.74, 6) is -1.38. The number of hydrogen-bond acceptors (Lipinski definition) is 5. The summed E-state index contributed by atoms with van der Waals surface area (Å²) in [7, 11) is 0. The van der Waals surface area contributed by atoms with Crippen LogP contribution in [0.1, 0.15) is 38.2 Å². The summed E-state index contributed by atoms with van der Waals surface area (Å²) in [5, 5.41) is 3.67. The number of ether oxygens (including phenoxy) is 2. The summed E-state index contributed by atoms with van der Waals surface area (Å²) in [4.78, 5) is 25.0. The average Bonchev–Trinajstić information content (AvgIpc) is 2.94. The molecule has 6 heteroatoms. The van der Waals surface area contributed by atoms with Crippen LogP contribution in [0.3, 0.4) is 0 Å². The van der Waals surface area contributed by atoms with Gasteiger partial charge >= 0.3 is 11.9 Å². The normalized spacial score (nSPS) is 19.5. The number of unbranched alkanes of at least 4 members (excludes halogenated alkanes) is 1. The number of benzene rings is 1. The molecule has 1 atom stereocenters. The first kappa shape index (κ1) is 17.5. The summed E-state index contributed by atoms with van der Waals surface area (Å²) in [5.41, 5.74) is 3.01. The van der Waals surface area contributed by atoms with Crippen molar-refractivity contribution in [1.82, 2.24) is 5.32 Å². The maximum Gasteiger partial charge on any atom is 0.337 e. The van der Waals surface area contributed by atoms with Crippen molar-refractivity contribution >= 4 is 23.5 Å². The van der Waals surface area contributed by atoms with Crippen LogP contribution in [0.15, 0.2) is 46.8 Å². The first-order valence-electron chi connectivity index (χ1n) is 8.33. The van der Waals surface area contributed by atoms with Crippen molar-refractivity contribution in [3.05, 3.63) is 57.4 Å². The van der Waals surface area contributed by atoms with Gasteiger partial charge in [-0.25, -0.2) is 9.59 Å². The first-order chi connectivity index (χ1) is 12.0. The molecule has 132 valence electrons. The minimum Gasteiger partial charge on any atom is -0.462 e. The van der Waals surface area contributed by atoms with Crippen molar-refractivity contribution in [1.29, 1.82) is 0 Å². The molecule has 0 amide bonds. The quantitative estimate of drug-likeness (QED) is 0.642. The van der Waals surface area contributed by atoms with Gasteiger partial charge in [0.25, 0.3) is 0 Å². The van der Waals surface area contributed by atoms with Gasteiger partial charge in [0, 0.05) is 10.7 Å². The Morgan fingerprint density at radius 2 is 2.24 bits per heavy atom. The Bertz CT molecular complexity index is 781. The largest absolute Gasteiger partial charge is 0.462 e. The fourth-order valence-electron chi connectivity index (χ4n) is 3.14. The van der Waals surface area contributed by atoms with Crippen LogP contribution in [0.2, 0.25) is 5.02 Å². The second-order valence-corrected chi connectivity index (χ2v) is 6.55. The second kappa shape index (κ2) is 7.31. The van der Waals surface area contributed by atoms with E-state index >= 15 is 0 Å². The van der Waals surface area contributed by atoms with Gasteiger partial charge in [0.05, 0.1) is 29.4 Å². The molecule has 0 aromatic heterocycles. The van der Waals surface area contributed by atoms with E-state index in [1.54, 1.807) is 25.1 Å². The number of carbonyl (C=O) groups excluding carboxylic acids is 2. The highest BCUT2D eigenvalue weighted by Gasteiger charge is 2.41. The number of dihydropyridines is 1. The van der Waals surface area contributed by atoms with Gasteiger partial charge < -0.3 is 14.8 Å². The zero-order valence-electron chi connectivity index (χ0n) is 14.2. The summed E-state index contributed by atoms with van der Waals surface area (Å²) >= 11 is 6.13. The van der Waals surface area contributed by atoms with E-state index in [0.717, 1.165) is 18.4 Å². The van der Waals surface area contributed by atoms with E-state index in [1.165, 1.54) is 0 Å². The molecule has 0 saturated heterocycles. The maximum atomic E-state index is 12.7. The molecule has 0 saturated carbocycles. The van der Waals surface area contributed by atoms with Gasteiger partial charge in [-0.1, -0.05) is 37.1 Å². The molecule has 2 aliphatic heterocycles. The number of nitrogens with one attached hydrogen (secondary N) is 1. The highest BCUT2D eigenvalue weighted by molar-refractivity contribution is 6.30. The molecule has 25 heavy (non-hydrogen) atoms.